The Morgan fingerprint density at radius 2 is 1.63 bits per heavy atom. The molecule has 19 heavy (non-hydrogen) atoms. The van der Waals surface area contributed by atoms with Crippen molar-refractivity contribution in [2.75, 3.05) is 39.8 Å². The summed E-state index contributed by atoms with van der Waals surface area (Å²) in [5, 5.41) is 0. The summed E-state index contributed by atoms with van der Waals surface area (Å²) in [5.41, 5.74) is 0.357. The molecule has 0 N–H and O–H groups in total. The van der Waals surface area contributed by atoms with E-state index >= 15 is 0 Å². The predicted molar refractivity (Wildman–Crippen MR) is 80.5 cm³/mol. The molecular weight excluding hydrogens is 234 g/mol. The van der Waals surface area contributed by atoms with Gasteiger partial charge in [-0.15, -0.1) is 0 Å². The van der Waals surface area contributed by atoms with Crippen LogP contribution in [-0.2, 0) is 0 Å². The van der Waals surface area contributed by atoms with Crippen LogP contribution < -0.4 is 0 Å². The molecule has 0 spiro atoms. The topological polar surface area (TPSA) is 9.72 Å². The molecule has 3 heteroatoms. The molecule has 0 aromatic rings. The van der Waals surface area contributed by atoms with Crippen molar-refractivity contribution in [3.8, 4) is 0 Å². The summed E-state index contributed by atoms with van der Waals surface area (Å²) in [7, 11) is 2.29. The zero-order valence-corrected chi connectivity index (χ0v) is 13.1. The smallest absolute Gasteiger partial charge is 0.0356 e. The van der Waals surface area contributed by atoms with E-state index in [1.807, 2.05) is 0 Å². The van der Waals surface area contributed by atoms with Gasteiger partial charge in [0.1, 0.15) is 0 Å². The second-order valence-electron chi connectivity index (χ2n) is 7.64. The van der Waals surface area contributed by atoms with Gasteiger partial charge in [-0.05, 0) is 33.7 Å². The lowest BCUT2D eigenvalue weighted by Gasteiger charge is -2.56. The number of hydrogen-bond donors (Lipinski definition) is 0. The highest BCUT2D eigenvalue weighted by atomic mass is 15.4. The number of fused-ring (bicyclic) bond motifs is 1. The van der Waals surface area contributed by atoms with Crippen LogP contribution in [0.2, 0.25) is 0 Å². The van der Waals surface area contributed by atoms with Crippen LogP contribution in [-0.4, -0.2) is 72.1 Å². The fraction of sp³-hybridized carbons (Fsp3) is 1.00. The molecule has 3 rings (SSSR count). The number of piperazine rings is 2. The second-order valence-corrected chi connectivity index (χ2v) is 7.64. The van der Waals surface area contributed by atoms with Gasteiger partial charge in [0.15, 0.2) is 0 Å². The Morgan fingerprint density at radius 1 is 0.895 bits per heavy atom. The van der Waals surface area contributed by atoms with E-state index in [4.69, 9.17) is 0 Å². The molecule has 1 unspecified atom stereocenters. The van der Waals surface area contributed by atoms with Gasteiger partial charge >= 0.3 is 0 Å². The third-order valence-electron chi connectivity index (χ3n) is 5.56. The first-order chi connectivity index (χ1) is 9.06. The molecule has 1 saturated carbocycles. The molecule has 3 fully saturated rings. The van der Waals surface area contributed by atoms with E-state index in [-0.39, 0.29) is 0 Å². The summed E-state index contributed by atoms with van der Waals surface area (Å²) in [6.45, 7) is 11.2. The van der Waals surface area contributed by atoms with Crippen LogP contribution in [0.15, 0.2) is 0 Å². The molecule has 1 aliphatic carbocycles. The zero-order valence-electron chi connectivity index (χ0n) is 13.1. The van der Waals surface area contributed by atoms with E-state index in [0.717, 1.165) is 12.1 Å². The molecule has 0 bridgehead atoms. The van der Waals surface area contributed by atoms with Gasteiger partial charge < -0.3 is 4.90 Å². The second kappa shape index (κ2) is 5.34. The molecule has 0 aromatic carbocycles. The van der Waals surface area contributed by atoms with Crippen LogP contribution in [0, 0.1) is 0 Å². The molecule has 1 atom stereocenters. The highest BCUT2D eigenvalue weighted by Gasteiger charge is 2.42. The summed E-state index contributed by atoms with van der Waals surface area (Å²) in [4.78, 5) is 8.13. The maximum atomic E-state index is 2.82. The van der Waals surface area contributed by atoms with Crippen LogP contribution in [0.4, 0.5) is 0 Å². The number of rotatable bonds is 1. The van der Waals surface area contributed by atoms with Crippen molar-refractivity contribution in [2.24, 2.45) is 0 Å². The van der Waals surface area contributed by atoms with E-state index in [2.05, 4.69) is 35.6 Å². The normalized spacial score (nSPS) is 35.2. The van der Waals surface area contributed by atoms with Crippen molar-refractivity contribution in [1.29, 1.82) is 0 Å². The van der Waals surface area contributed by atoms with Gasteiger partial charge in [-0.25, -0.2) is 0 Å². The average molecular weight is 265 g/mol. The largest absolute Gasteiger partial charge is 0.303 e. The van der Waals surface area contributed by atoms with Gasteiger partial charge in [0.05, 0.1) is 0 Å². The van der Waals surface area contributed by atoms with Crippen molar-refractivity contribution in [1.82, 2.24) is 14.7 Å². The quantitative estimate of drug-likeness (QED) is 0.718. The third-order valence-corrected chi connectivity index (χ3v) is 5.56. The van der Waals surface area contributed by atoms with Gasteiger partial charge in [-0.1, -0.05) is 19.3 Å². The van der Waals surface area contributed by atoms with Gasteiger partial charge in [0.2, 0.25) is 0 Å². The summed E-state index contributed by atoms with van der Waals surface area (Å²) in [5.74, 6) is 0. The minimum absolute atomic E-state index is 0.357. The Kier molecular flexibility index (Phi) is 3.89. The molecule has 0 radical (unpaired) electrons. The Labute approximate surface area is 118 Å². The molecule has 2 saturated heterocycles. The number of nitrogens with zero attached hydrogens (tertiary/aromatic N) is 3. The van der Waals surface area contributed by atoms with Crippen molar-refractivity contribution < 1.29 is 0 Å². The number of hydrogen-bond acceptors (Lipinski definition) is 3. The minimum Gasteiger partial charge on any atom is -0.303 e. The molecule has 3 aliphatic rings. The molecule has 0 aromatic heterocycles. The fourth-order valence-corrected chi connectivity index (χ4v) is 4.79. The Hall–Kier alpha value is -0.120. The van der Waals surface area contributed by atoms with Gasteiger partial charge in [-0.2, -0.15) is 0 Å². The van der Waals surface area contributed by atoms with Crippen LogP contribution in [0.1, 0.15) is 46.0 Å². The first-order valence-corrected chi connectivity index (χ1v) is 8.25. The lowest BCUT2D eigenvalue weighted by Crippen LogP contribution is -2.69. The number of likely N-dealkylation sites (N-methyl/N-ethyl adjacent to an activating group) is 1. The van der Waals surface area contributed by atoms with Crippen LogP contribution in [0.5, 0.6) is 0 Å². The summed E-state index contributed by atoms with van der Waals surface area (Å²) in [6.07, 6.45) is 7.29. The average Bonchev–Trinajstić information content (AvgIpc) is 2.38. The van der Waals surface area contributed by atoms with Crippen molar-refractivity contribution >= 4 is 0 Å². The van der Waals surface area contributed by atoms with E-state index < -0.39 is 0 Å². The predicted octanol–water partition coefficient (Wildman–Crippen LogP) is 2.03. The molecule has 110 valence electrons. The minimum atomic E-state index is 0.357. The maximum Gasteiger partial charge on any atom is 0.0356 e. The highest BCUT2D eigenvalue weighted by Crippen LogP contribution is 2.30. The van der Waals surface area contributed by atoms with Crippen molar-refractivity contribution in [3.63, 3.8) is 0 Å². The van der Waals surface area contributed by atoms with E-state index in [0.29, 0.717) is 5.54 Å². The summed E-state index contributed by atoms with van der Waals surface area (Å²) in [6, 6.07) is 1.65. The van der Waals surface area contributed by atoms with Gasteiger partial charge in [-0.3, -0.25) is 9.80 Å². The van der Waals surface area contributed by atoms with Crippen LogP contribution in [0.25, 0.3) is 0 Å². The van der Waals surface area contributed by atoms with Crippen molar-refractivity contribution in [2.45, 2.75) is 63.6 Å². The zero-order chi connectivity index (χ0) is 13.5. The van der Waals surface area contributed by atoms with E-state index in [9.17, 15) is 0 Å². The van der Waals surface area contributed by atoms with Gasteiger partial charge in [0.25, 0.3) is 0 Å². The molecule has 3 nitrogen and oxygen atoms in total. The SMILES string of the molecule is CN1CC2CN(C3CCCCC3)CCN2C(C)(C)C1. The third kappa shape index (κ3) is 2.84. The first kappa shape index (κ1) is 13.8. The standard InChI is InChI=1S/C16H31N3/c1-16(2)13-17(3)11-15-12-18(9-10-19(15)16)14-7-5-4-6-8-14/h14-15H,4-13H2,1-3H3. The molecule has 2 aliphatic heterocycles. The summed E-state index contributed by atoms with van der Waals surface area (Å²) >= 11 is 0. The monoisotopic (exact) mass is 265 g/mol. The molecule has 0 amide bonds. The lowest BCUT2D eigenvalue weighted by atomic mass is 9.90. The Bertz CT molecular complexity index is 309. The van der Waals surface area contributed by atoms with E-state index in [1.165, 1.54) is 64.8 Å². The van der Waals surface area contributed by atoms with E-state index in [1.54, 1.807) is 0 Å². The van der Waals surface area contributed by atoms with Crippen molar-refractivity contribution in [3.05, 3.63) is 0 Å². The highest BCUT2D eigenvalue weighted by molar-refractivity contribution is 4.99. The van der Waals surface area contributed by atoms with Crippen LogP contribution in [0.3, 0.4) is 0 Å². The van der Waals surface area contributed by atoms with Crippen LogP contribution >= 0.6 is 0 Å². The Morgan fingerprint density at radius 3 is 2.37 bits per heavy atom. The molecular formula is C16H31N3. The first-order valence-electron chi connectivity index (χ1n) is 8.25. The maximum absolute atomic E-state index is 2.82. The summed E-state index contributed by atoms with van der Waals surface area (Å²) < 4.78 is 0. The van der Waals surface area contributed by atoms with Gasteiger partial charge in [0, 0.05) is 50.3 Å². The fourth-order valence-electron chi connectivity index (χ4n) is 4.79. The lowest BCUT2D eigenvalue weighted by molar-refractivity contribution is -0.0688. The molecule has 2 heterocycles. The Balaban J connectivity index is 1.65.